The second kappa shape index (κ2) is 7.20. The van der Waals surface area contributed by atoms with Crippen molar-refractivity contribution in [3.63, 3.8) is 0 Å². The number of aryl methyl sites for hydroxylation is 3. The Balaban J connectivity index is 2.72. The van der Waals surface area contributed by atoms with Crippen LogP contribution in [0.3, 0.4) is 0 Å². The third-order valence-corrected chi connectivity index (χ3v) is 3.34. The van der Waals surface area contributed by atoms with Crippen LogP contribution in [0, 0.1) is 20.8 Å². The first-order valence-corrected chi connectivity index (χ1v) is 6.91. The van der Waals surface area contributed by atoms with Crippen molar-refractivity contribution in [3.8, 4) is 0 Å². The van der Waals surface area contributed by atoms with Crippen molar-refractivity contribution in [2.75, 3.05) is 26.7 Å². The predicted octanol–water partition coefficient (Wildman–Crippen LogP) is 1.86. The van der Waals surface area contributed by atoms with Crippen LogP contribution in [0.5, 0.6) is 0 Å². The molecule has 0 radical (unpaired) electrons. The minimum absolute atomic E-state index is 0.0531. The highest BCUT2D eigenvalue weighted by atomic mass is 16.2. The minimum atomic E-state index is -0.0559. The lowest BCUT2D eigenvalue weighted by molar-refractivity contribution is -0.121. The van der Waals surface area contributed by atoms with E-state index in [0.29, 0.717) is 6.54 Å². The van der Waals surface area contributed by atoms with Gasteiger partial charge in [-0.3, -0.25) is 14.5 Å². The molecule has 1 amide bonds. The zero-order valence-corrected chi connectivity index (χ0v) is 13.0. The van der Waals surface area contributed by atoms with Gasteiger partial charge < -0.3 is 5.32 Å². The number of hydrogen-bond donors (Lipinski definition) is 1. The number of amides is 1. The van der Waals surface area contributed by atoms with Gasteiger partial charge >= 0.3 is 0 Å². The fourth-order valence-corrected chi connectivity index (χ4v) is 2.15. The molecule has 0 aromatic heterocycles. The molecular formula is C16H24N2O2. The van der Waals surface area contributed by atoms with E-state index in [-0.39, 0.29) is 24.8 Å². The van der Waals surface area contributed by atoms with Gasteiger partial charge in [-0.15, -0.1) is 0 Å². The van der Waals surface area contributed by atoms with E-state index in [1.165, 1.54) is 5.56 Å². The maximum absolute atomic E-state index is 12.3. The smallest absolute Gasteiger partial charge is 0.234 e. The SMILES string of the molecule is CCNC(=O)CN(C)CC(=O)c1cc(C)c(C)cc1C. The predicted molar refractivity (Wildman–Crippen MR) is 81.2 cm³/mol. The first-order valence-electron chi connectivity index (χ1n) is 6.91. The topological polar surface area (TPSA) is 49.4 Å². The van der Waals surface area contributed by atoms with E-state index in [4.69, 9.17) is 0 Å². The van der Waals surface area contributed by atoms with Gasteiger partial charge in [0.05, 0.1) is 13.1 Å². The lowest BCUT2D eigenvalue weighted by Gasteiger charge is -2.16. The van der Waals surface area contributed by atoms with Crippen molar-refractivity contribution in [1.82, 2.24) is 10.2 Å². The molecule has 0 saturated carbocycles. The third kappa shape index (κ3) is 4.46. The summed E-state index contributed by atoms with van der Waals surface area (Å²) in [5.41, 5.74) is 4.04. The molecule has 1 rings (SSSR count). The molecule has 0 spiro atoms. The molecule has 110 valence electrons. The highest BCUT2D eigenvalue weighted by Crippen LogP contribution is 2.16. The van der Waals surface area contributed by atoms with Crippen LogP contribution in [-0.2, 0) is 4.79 Å². The number of hydrogen-bond acceptors (Lipinski definition) is 3. The van der Waals surface area contributed by atoms with Crippen LogP contribution < -0.4 is 5.32 Å². The van der Waals surface area contributed by atoms with Crippen molar-refractivity contribution in [1.29, 1.82) is 0 Å². The van der Waals surface area contributed by atoms with Crippen molar-refractivity contribution < 1.29 is 9.59 Å². The molecule has 1 aromatic carbocycles. The molecule has 0 aliphatic carbocycles. The van der Waals surface area contributed by atoms with E-state index in [2.05, 4.69) is 5.32 Å². The Morgan fingerprint density at radius 1 is 1.05 bits per heavy atom. The maximum Gasteiger partial charge on any atom is 0.234 e. The molecule has 1 aromatic rings. The van der Waals surface area contributed by atoms with Crippen LogP contribution in [0.2, 0.25) is 0 Å². The average molecular weight is 276 g/mol. The van der Waals surface area contributed by atoms with Gasteiger partial charge in [0.2, 0.25) is 5.91 Å². The minimum Gasteiger partial charge on any atom is -0.355 e. The fraction of sp³-hybridized carbons (Fsp3) is 0.500. The van der Waals surface area contributed by atoms with Crippen molar-refractivity contribution in [2.24, 2.45) is 0 Å². The number of rotatable bonds is 6. The van der Waals surface area contributed by atoms with Gasteiger partial charge in [0.15, 0.2) is 5.78 Å². The van der Waals surface area contributed by atoms with Crippen LogP contribution >= 0.6 is 0 Å². The summed E-state index contributed by atoms with van der Waals surface area (Å²) in [6.45, 7) is 8.97. The van der Waals surface area contributed by atoms with E-state index in [1.807, 2.05) is 39.8 Å². The van der Waals surface area contributed by atoms with E-state index in [1.54, 1.807) is 11.9 Å². The van der Waals surface area contributed by atoms with Crippen LogP contribution in [0.25, 0.3) is 0 Å². The Hall–Kier alpha value is -1.68. The fourth-order valence-electron chi connectivity index (χ4n) is 2.15. The summed E-state index contributed by atoms with van der Waals surface area (Å²) in [6.07, 6.45) is 0. The maximum atomic E-state index is 12.3. The van der Waals surface area contributed by atoms with Crippen LogP contribution in [0.1, 0.15) is 34.0 Å². The number of likely N-dealkylation sites (N-methyl/N-ethyl adjacent to an activating group) is 2. The van der Waals surface area contributed by atoms with Crippen molar-refractivity contribution in [3.05, 3.63) is 34.4 Å². The lowest BCUT2D eigenvalue weighted by atomic mass is 9.98. The molecule has 0 heterocycles. The highest BCUT2D eigenvalue weighted by Gasteiger charge is 2.14. The summed E-state index contributed by atoms with van der Waals surface area (Å²) >= 11 is 0. The lowest BCUT2D eigenvalue weighted by Crippen LogP contribution is -2.37. The molecule has 0 aliphatic heterocycles. The first-order chi connectivity index (χ1) is 9.35. The molecule has 0 saturated heterocycles. The van der Waals surface area contributed by atoms with E-state index >= 15 is 0 Å². The highest BCUT2D eigenvalue weighted by molar-refractivity contribution is 5.99. The molecule has 0 bridgehead atoms. The van der Waals surface area contributed by atoms with Gasteiger partial charge in [0.1, 0.15) is 0 Å². The van der Waals surface area contributed by atoms with Crippen LogP contribution in [0.15, 0.2) is 12.1 Å². The van der Waals surface area contributed by atoms with Gasteiger partial charge in [-0.05, 0) is 57.5 Å². The van der Waals surface area contributed by atoms with Crippen molar-refractivity contribution in [2.45, 2.75) is 27.7 Å². The number of nitrogens with one attached hydrogen (secondary N) is 1. The summed E-state index contributed by atoms with van der Waals surface area (Å²) in [7, 11) is 1.78. The zero-order chi connectivity index (χ0) is 15.3. The van der Waals surface area contributed by atoms with Crippen LogP contribution in [-0.4, -0.2) is 43.3 Å². The third-order valence-electron chi connectivity index (χ3n) is 3.34. The largest absolute Gasteiger partial charge is 0.355 e. The molecule has 4 nitrogen and oxygen atoms in total. The Labute approximate surface area is 121 Å². The number of carbonyl (C=O) groups excluding carboxylic acids is 2. The number of benzene rings is 1. The second-order valence-corrected chi connectivity index (χ2v) is 5.30. The standard InChI is InChI=1S/C16H24N2O2/c1-6-17-16(20)10-18(5)9-15(19)14-8-12(3)11(2)7-13(14)4/h7-8H,6,9-10H2,1-5H3,(H,17,20). The molecular weight excluding hydrogens is 252 g/mol. The number of ketones is 1. The second-order valence-electron chi connectivity index (χ2n) is 5.30. The van der Waals surface area contributed by atoms with Crippen LogP contribution in [0.4, 0.5) is 0 Å². The van der Waals surface area contributed by atoms with Gasteiger partial charge in [-0.1, -0.05) is 6.07 Å². The number of nitrogens with zero attached hydrogens (tertiary/aromatic N) is 1. The van der Waals surface area contributed by atoms with E-state index < -0.39 is 0 Å². The molecule has 0 fully saturated rings. The Morgan fingerprint density at radius 2 is 1.65 bits per heavy atom. The number of Topliss-reactive ketones (excluding diaryl/α,β-unsaturated/α-hetero) is 1. The van der Waals surface area contributed by atoms with Gasteiger partial charge in [0, 0.05) is 12.1 Å². The Morgan fingerprint density at radius 3 is 2.25 bits per heavy atom. The van der Waals surface area contributed by atoms with Gasteiger partial charge in [0.25, 0.3) is 0 Å². The zero-order valence-electron chi connectivity index (χ0n) is 13.0. The molecule has 20 heavy (non-hydrogen) atoms. The summed E-state index contributed by atoms with van der Waals surface area (Å²) < 4.78 is 0. The van der Waals surface area contributed by atoms with E-state index in [0.717, 1.165) is 16.7 Å². The number of carbonyl (C=O) groups is 2. The molecule has 0 unspecified atom stereocenters. The van der Waals surface area contributed by atoms with Gasteiger partial charge in [-0.2, -0.15) is 0 Å². The molecule has 0 atom stereocenters. The molecule has 1 N–H and O–H groups in total. The Bertz CT molecular complexity index is 509. The first kappa shape index (κ1) is 16.4. The monoisotopic (exact) mass is 276 g/mol. The summed E-state index contributed by atoms with van der Waals surface area (Å²) in [5.74, 6) is -0.00277. The Kier molecular flexibility index (Phi) is 5.89. The van der Waals surface area contributed by atoms with E-state index in [9.17, 15) is 9.59 Å². The summed E-state index contributed by atoms with van der Waals surface area (Å²) in [4.78, 5) is 25.5. The quantitative estimate of drug-likeness (QED) is 0.807. The van der Waals surface area contributed by atoms with Crippen molar-refractivity contribution >= 4 is 11.7 Å². The van der Waals surface area contributed by atoms with Gasteiger partial charge in [-0.25, -0.2) is 0 Å². The molecule has 4 heteroatoms. The normalized spacial score (nSPS) is 10.7. The average Bonchev–Trinajstić information content (AvgIpc) is 2.33. The summed E-state index contributed by atoms with van der Waals surface area (Å²) in [6, 6.07) is 3.97. The summed E-state index contributed by atoms with van der Waals surface area (Å²) in [5, 5.41) is 2.73. The molecule has 0 aliphatic rings.